The third-order valence-corrected chi connectivity index (χ3v) is 8.20. The zero-order valence-electron chi connectivity index (χ0n) is 17.8. The number of Topliss-reactive ketones (excluding diaryl/α,β-unsaturated/α-hetero) is 1. The quantitative estimate of drug-likeness (QED) is 0.482. The van der Waals surface area contributed by atoms with E-state index < -0.39 is 11.9 Å². The lowest BCUT2D eigenvalue weighted by molar-refractivity contribution is -0.122. The molecule has 2 saturated heterocycles. The molecule has 2 aromatic heterocycles. The Bertz CT molecular complexity index is 1040. The minimum absolute atomic E-state index is 0.0254. The van der Waals surface area contributed by atoms with Crippen LogP contribution in [0.25, 0.3) is 10.6 Å². The average molecular weight is 490 g/mol. The molecule has 5 rings (SSSR count). The van der Waals surface area contributed by atoms with Gasteiger partial charge in [-0.05, 0) is 25.0 Å². The molecule has 0 bridgehead atoms. The van der Waals surface area contributed by atoms with Crippen LogP contribution in [0.15, 0.2) is 24.5 Å². The largest absolute Gasteiger partial charge is 0.367 e. The molecule has 3 fully saturated rings. The van der Waals surface area contributed by atoms with E-state index >= 15 is 0 Å². The van der Waals surface area contributed by atoms with Gasteiger partial charge in [0.2, 0.25) is 0 Å². The van der Waals surface area contributed by atoms with Crippen LogP contribution >= 0.6 is 22.9 Å². The number of ketones is 1. The van der Waals surface area contributed by atoms with Gasteiger partial charge in [0.1, 0.15) is 18.6 Å². The number of aldehydes is 1. The number of aromatic nitrogens is 3. The van der Waals surface area contributed by atoms with Gasteiger partial charge in [0.15, 0.2) is 10.8 Å². The van der Waals surface area contributed by atoms with Gasteiger partial charge in [-0.3, -0.25) is 14.5 Å². The van der Waals surface area contributed by atoms with Gasteiger partial charge in [-0.2, -0.15) is 5.10 Å². The molecule has 2 aromatic rings. The zero-order chi connectivity index (χ0) is 22.9. The van der Waals surface area contributed by atoms with Crippen molar-refractivity contribution in [1.29, 1.82) is 0 Å². The number of halogens is 1. The molecule has 9 nitrogen and oxygen atoms in total. The molecule has 174 valence electrons. The Hall–Kier alpha value is -2.27. The Kier molecular flexibility index (Phi) is 6.51. The number of thiazole rings is 1. The Morgan fingerprint density at radius 2 is 2.21 bits per heavy atom. The van der Waals surface area contributed by atoms with Crippen LogP contribution in [-0.2, 0) is 14.3 Å². The molecule has 33 heavy (non-hydrogen) atoms. The first-order chi connectivity index (χ1) is 16.1. The number of carbonyl (C=O) groups is 3. The Labute approximate surface area is 199 Å². The third-order valence-electron chi connectivity index (χ3n) is 6.80. The van der Waals surface area contributed by atoms with Crippen molar-refractivity contribution in [1.82, 2.24) is 25.4 Å². The molecule has 6 atom stereocenters. The van der Waals surface area contributed by atoms with Crippen molar-refractivity contribution in [2.45, 2.75) is 55.3 Å². The number of amides is 1. The molecule has 0 aromatic carbocycles. The van der Waals surface area contributed by atoms with Crippen molar-refractivity contribution < 1.29 is 19.1 Å². The molecule has 4 heterocycles. The Morgan fingerprint density at radius 1 is 1.36 bits per heavy atom. The van der Waals surface area contributed by atoms with Gasteiger partial charge >= 0.3 is 0 Å². The van der Waals surface area contributed by atoms with E-state index in [9.17, 15) is 14.4 Å². The van der Waals surface area contributed by atoms with E-state index in [1.165, 1.54) is 11.3 Å². The van der Waals surface area contributed by atoms with E-state index in [4.69, 9.17) is 16.3 Å². The lowest BCUT2D eigenvalue weighted by Crippen LogP contribution is -2.55. The number of nitrogens with one attached hydrogen (secondary N) is 1. The highest BCUT2D eigenvalue weighted by molar-refractivity contribution is 7.16. The molecule has 3 aliphatic rings. The SMILES string of the molecule is O=CC(NC(=O)c1ncc(-c2cccnn2)s1)C1CCCC[C@@H]1N1C[C@H](Cl)[C@H]2OCC(=O)[C@H]21. The zero-order valence-corrected chi connectivity index (χ0v) is 19.4. The molecule has 11 heteroatoms. The van der Waals surface area contributed by atoms with Crippen LogP contribution in [-0.4, -0.2) is 80.8 Å². The second-order valence-corrected chi connectivity index (χ2v) is 10.3. The maximum absolute atomic E-state index is 12.9. The number of ether oxygens (including phenoxy) is 1. The fourth-order valence-corrected chi connectivity index (χ4v) is 6.48. The van der Waals surface area contributed by atoms with Gasteiger partial charge in [0, 0.05) is 30.9 Å². The third kappa shape index (κ3) is 4.32. The van der Waals surface area contributed by atoms with E-state index in [-0.39, 0.29) is 46.9 Å². The van der Waals surface area contributed by atoms with Gasteiger partial charge in [0.25, 0.3) is 5.91 Å². The minimum Gasteiger partial charge on any atom is -0.367 e. The van der Waals surface area contributed by atoms with Crippen molar-refractivity contribution in [3.8, 4) is 10.6 Å². The monoisotopic (exact) mass is 489 g/mol. The number of fused-ring (bicyclic) bond motifs is 1. The van der Waals surface area contributed by atoms with Crippen LogP contribution in [0.1, 0.15) is 35.5 Å². The van der Waals surface area contributed by atoms with Crippen LogP contribution in [0.3, 0.4) is 0 Å². The van der Waals surface area contributed by atoms with Crippen molar-refractivity contribution in [2.75, 3.05) is 13.2 Å². The first-order valence-electron chi connectivity index (χ1n) is 11.1. The van der Waals surface area contributed by atoms with Crippen LogP contribution in [0, 0.1) is 5.92 Å². The van der Waals surface area contributed by atoms with Gasteiger partial charge < -0.3 is 14.8 Å². The molecule has 0 radical (unpaired) electrons. The summed E-state index contributed by atoms with van der Waals surface area (Å²) in [7, 11) is 0. The number of alkyl halides is 1. The standard InChI is InChI=1S/C22H24ClN5O4S/c23-13-9-28(19-17(30)11-32-20(13)19)16-6-2-1-4-12(16)15(10-29)26-21(31)22-24-8-18(33-22)14-5-3-7-25-27-14/h3,5,7-8,10,12-13,15-16,19-20H,1-2,4,6,9,11H2,(H,26,31)/t12?,13-,15?,16-,19+,20+/m0/s1. The molecule has 1 aliphatic carbocycles. The molecule has 1 N–H and O–H groups in total. The highest BCUT2D eigenvalue weighted by atomic mass is 35.5. The second kappa shape index (κ2) is 9.54. The maximum Gasteiger partial charge on any atom is 0.280 e. The number of hydrogen-bond donors (Lipinski definition) is 1. The van der Waals surface area contributed by atoms with Crippen LogP contribution in [0.5, 0.6) is 0 Å². The van der Waals surface area contributed by atoms with E-state index in [2.05, 4.69) is 25.4 Å². The van der Waals surface area contributed by atoms with Crippen molar-refractivity contribution >= 4 is 40.9 Å². The van der Waals surface area contributed by atoms with Crippen molar-refractivity contribution in [3.63, 3.8) is 0 Å². The summed E-state index contributed by atoms with van der Waals surface area (Å²) in [5.74, 6) is -0.472. The molecule has 1 saturated carbocycles. The fourth-order valence-electron chi connectivity index (χ4n) is 5.33. The first kappa shape index (κ1) is 22.5. The predicted octanol–water partition coefficient (Wildman–Crippen LogP) is 1.72. The summed E-state index contributed by atoms with van der Waals surface area (Å²) in [6.07, 6.45) is 7.26. The van der Waals surface area contributed by atoms with Crippen LogP contribution < -0.4 is 5.32 Å². The van der Waals surface area contributed by atoms with Crippen molar-refractivity contribution in [2.24, 2.45) is 5.92 Å². The number of hydrogen-bond acceptors (Lipinski definition) is 9. The highest BCUT2D eigenvalue weighted by Gasteiger charge is 2.53. The normalized spacial score (nSPS) is 30.7. The van der Waals surface area contributed by atoms with Gasteiger partial charge in [-0.15, -0.1) is 28.0 Å². The smallest absolute Gasteiger partial charge is 0.280 e. The minimum atomic E-state index is -0.683. The summed E-state index contributed by atoms with van der Waals surface area (Å²) >= 11 is 7.70. The Balaban J connectivity index is 1.32. The summed E-state index contributed by atoms with van der Waals surface area (Å²) in [4.78, 5) is 44.6. The molecular weight excluding hydrogens is 466 g/mol. The lowest BCUT2D eigenvalue weighted by Gasteiger charge is -2.42. The molecular formula is C22H24ClN5O4S. The molecule has 2 unspecified atom stereocenters. The van der Waals surface area contributed by atoms with Crippen molar-refractivity contribution in [3.05, 3.63) is 29.5 Å². The second-order valence-electron chi connectivity index (χ2n) is 8.69. The topological polar surface area (TPSA) is 114 Å². The number of nitrogens with zero attached hydrogens (tertiary/aromatic N) is 4. The van der Waals surface area contributed by atoms with Crippen LogP contribution in [0.2, 0.25) is 0 Å². The first-order valence-corrected chi connectivity index (χ1v) is 12.4. The summed E-state index contributed by atoms with van der Waals surface area (Å²) in [5, 5.41) is 10.8. The van der Waals surface area contributed by atoms with Crippen LogP contribution in [0.4, 0.5) is 0 Å². The van der Waals surface area contributed by atoms with Gasteiger partial charge in [0.05, 0.1) is 28.4 Å². The van der Waals surface area contributed by atoms with E-state index in [0.717, 1.165) is 36.8 Å². The summed E-state index contributed by atoms with van der Waals surface area (Å²) in [5.41, 5.74) is 0.635. The molecule has 0 spiro atoms. The van der Waals surface area contributed by atoms with Gasteiger partial charge in [-0.1, -0.05) is 12.8 Å². The number of likely N-dealkylation sites (tertiary alicyclic amines) is 1. The summed E-state index contributed by atoms with van der Waals surface area (Å²) < 4.78 is 5.63. The lowest BCUT2D eigenvalue weighted by atomic mass is 9.78. The maximum atomic E-state index is 12.9. The summed E-state index contributed by atoms with van der Waals surface area (Å²) in [6, 6.07) is 2.49. The fraction of sp³-hybridized carbons (Fsp3) is 0.545. The predicted molar refractivity (Wildman–Crippen MR) is 121 cm³/mol. The summed E-state index contributed by atoms with van der Waals surface area (Å²) in [6.45, 7) is 0.621. The molecule has 2 aliphatic heterocycles. The number of carbonyl (C=O) groups excluding carboxylic acids is 3. The molecule has 1 amide bonds. The van der Waals surface area contributed by atoms with E-state index in [0.29, 0.717) is 12.2 Å². The highest BCUT2D eigenvalue weighted by Crippen LogP contribution is 2.39. The number of rotatable bonds is 6. The van der Waals surface area contributed by atoms with E-state index in [1.807, 2.05) is 0 Å². The Morgan fingerprint density at radius 3 is 3.00 bits per heavy atom. The van der Waals surface area contributed by atoms with Gasteiger partial charge in [-0.25, -0.2) is 4.98 Å². The average Bonchev–Trinajstić information content (AvgIpc) is 3.56. The van der Waals surface area contributed by atoms with E-state index in [1.54, 1.807) is 24.5 Å².